The van der Waals surface area contributed by atoms with E-state index in [4.69, 9.17) is 5.73 Å². The first-order valence-electron chi connectivity index (χ1n) is 9.15. The van der Waals surface area contributed by atoms with E-state index in [1.807, 2.05) is 0 Å². The molecule has 1 fully saturated rings. The molecule has 1 aliphatic rings. The number of fused-ring (bicyclic) bond motifs is 1. The number of nitrogens with two attached hydrogens (primary N) is 1. The molecule has 0 unspecified atom stereocenters. The summed E-state index contributed by atoms with van der Waals surface area (Å²) in [7, 11) is 0. The Bertz CT molecular complexity index is 1120. The molecule has 0 saturated heterocycles. The van der Waals surface area contributed by atoms with Crippen molar-refractivity contribution in [3.63, 3.8) is 0 Å². The third-order valence-corrected chi connectivity index (χ3v) is 5.38. The molecule has 0 aliphatic heterocycles. The Balaban J connectivity index is 1.66. The molecule has 3 aromatic rings. The fourth-order valence-electron chi connectivity index (χ4n) is 3.58. The predicted octanol–water partition coefficient (Wildman–Crippen LogP) is 3.18. The average Bonchev–Trinajstić information content (AvgIpc) is 3.41. The molecule has 1 aliphatic carbocycles. The number of rotatable bonds is 6. The van der Waals surface area contributed by atoms with Gasteiger partial charge in [-0.15, -0.1) is 0 Å². The molecule has 0 radical (unpaired) electrons. The second kappa shape index (κ2) is 6.95. The summed E-state index contributed by atoms with van der Waals surface area (Å²) in [6.07, 6.45) is 1.08. The highest BCUT2D eigenvalue weighted by molar-refractivity contribution is 6.07. The minimum Gasteiger partial charge on any atom is -0.369 e. The topological polar surface area (TPSA) is 88.0 Å². The Labute approximate surface area is 164 Å². The number of nitrogens with one attached hydrogen (secondary N) is 2. The van der Waals surface area contributed by atoms with Crippen molar-refractivity contribution in [1.29, 1.82) is 0 Å². The molecular formula is C21H18F3N3O2. The van der Waals surface area contributed by atoms with Crippen LogP contribution < -0.4 is 11.1 Å². The summed E-state index contributed by atoms with van der Waals surface area (Å²) in [5, 5.41) is 3.03. The zero-order valence-electron chi connectivity index (χ0n) is 15.3. The largest absolute Gasteiger partial charge is 0.369 e. The molecule has 5 nitrogen and oxygen atoms in total. The molecule has 4 rings (SSSR count). The van der Waals surface area contributed by atoms with Gasteiger partial charge in [-0.1, -0.05) is 0 Å². The van der Waals surface area contributed by atoms with Crippen LogP contribution >= 0.6 is 0 Å². The maximum Gasteiger partial charge on any atom is 0.235 e. The van der Waals surface area contributed by atoms with Crippen LogP contribution in [0, 0.1) is 22.9 Å². The maximum atomic E-state index is 14.3. The van der Waals surface area contributed by atoms with Crippen molar-refractivity contribution in [3.8, 4) is 11.3 Å². The van der Waals surface area contributed by atoms with Crippen LogP contribution in [0.1, 0.15) is 18.4 Å². The van der Waals surface area contributed by atoms with Gasteiger partial charge in [0.25, 0.3) is 0 Å². The van der Waals surface area contributed by atoms with Gasteiger partial charge in [0.2, 0.25) is 11.8 Å². The van der Waals surface area contributed by atoms with Crippen LogP contribution in [0.15, 0.2) is 36.4 Å². The number of benzene rings is 2. The summed E-state index contributed by atoms with van der Waals surface area (Å²) in [5.41, 5.74) is 5.97. The smallest absolute Gasteiger partial charge is 0.235 e. The molecule has 150 valence electrons. The van der Waals surface area contributed by atoms with E-state index in [2.05, 4.69) is 10.3 Å². The Morgan fingerprint density at radius 2 is 1.76 bits per heavy atom. The molecule has 0 spiro atoms. The fourth-order valence-corrected chi connectivity index (χ4v) is 3.58. The lowest BCUT2D eigenvalue weighted by atomic mass is 10.0. The lowest BCUT2D eigenvalue weighted by Crippen LogP contribution is -2.41. The normalized spacial score (nSPS) is 14.7. The lowest BCUT2D eigenvalue weighted by molar-refractivity contribution is -0.135. The Morgan fingerprint density at radius 3 is 2.38 bits per heavy atom. The molecule has 29 heavy (non-hydrogen) atoms. The van der Waals surface area contributed by atoms with E-state index in [1.54, 1.807) is 0 Å². The zero-order chi connectivity index (χ0) is 20.8. The number of aromatic nitrogens is 1. The molecule has 4 N–H and O–H groups in total. The summed E-state index contributed by atoms with van der Waals surface area (Å²) >= 11 is 0. The van der Waals surface area contributed by atoms with E-state index in [0.29, 0.717) is 35.0 Å². The van der Waals surface area contributed by atoms with Crippen molar-refractivity contribution in [2.75, 3.05) is 6.54 Å². The highest BCUT2D eigenvalue weighted by Gasteiger charge is 2.55. The maximum absolute atomic E-state index is 14.3. The monoisotopic (exact) mass is 401 g/mol. The fraction of sp³-hybridized carbons (Fsp3) is 0.238. The molecule has 8 heteroatoms. The number of carbonyl (C=O) groups excluding carboxylic acids is 2. The summed E-state index contributed by atoms with van der Waals surface area (Å²) < 4.78 is 41.4. The Kier molecular flexibility index (Phi) is 4.56. The van der Waals surface area contributed by atoms with Crippen LogP contribution in [0.4, 0.5) is 13.2 Å². The standard InChI is InChI=1S/C21H18F3N3O2/c22-12-3-1-11(2-4-12)17-14(15-9-13(23)10-16(24)18(15)27-17)5-8-26-20(29)21(6-7-21)19(25)28/h1-4,9-10,27H,5-8H2,(H2,25,28)(H,26,29). The van der Waals surface area contributed by atoms with E-state index in [0.717, 1.165) is 6.07 Å². The van der Waals surface area contributed by atoms with Crippen molar-refractivity contribution in [1.82, 2.24) is 10.3 Å². The van der Waals surface area contributed by atoms with Crippen LogP contribution in [0.3, 0.4) is 0 Å². The summed E-state index contributed by atoms with van der Waals surface area (Å²) in [4.78, 5) is 26.7. The van der Waals surface area contributed by atoms with Gasteiger partial charge < -0.3 is 16.0 Å². The molecule has 2 aromatic carbocycles. The first-order valence-corrected chi connectivity index (χ1v) is 9.15. The van der Waals surface area contributed by atoms with Crippen molar-refractivity contribution < 1.29 is 22.8 Å². The van der Waals surface area contributed by atoms with Crippen LogP contribution in [-0.2, 0) is 16.0 Å². The van der Waals surface area contributed by atoms with Gasteiger partial charge >= 0.3 is 0 Å². The lowest BCUT2D eigenvalue weighted by Gasteiger charge is -2.12. The number of hydrogen-bond donors (Lipinski definition) is 3. The van der Waals surface area contributed by atoms with Gasteiger partial charge in [-0.25, -0.2) is 13.2 Å². The highest BCUT2D eigenvalue weighted by atomic mass is 19.1. The highest BCUT2D eigenvalue weighted by Crippen LogP contribution is 2.45. The van der Waals surface area contributed by atoms with E-state index >= 15 is 0 Å². The van der Waals surface area contributed by atoms with Crippen molar-refractivity contribution >= 4 is 22.7 Å². The van der Waals surface area contributed by atoms with Crippen molar-refractivity contribution in [2.45, 2.75) is 19.3 Å². The number of H-pyrrole nitrogens is 1. The number of halogens is 3. The van der Waals surface area contributed by atoms with Gasteiger partial charge in [-0.3, -0.25) is 9.59 Å². The Hall–Kier alpha value is -3.29. The van der Waals surface area contributed by atoms with E-state index < -0.39 is 34.7 Å². The molecule has 2 amide bonds. The summed E-state index contributed by atoms with van der Waals surface area (Å²) in [5.74, 6) is -2.99. The van der Waals surface area contributed by atoms with Crippen molar-refractivity contribution in [3.05, 3.63) is 59.4 Å². The van der Waals surface area contributed by atoms with Gasteiger partial charge in [-0.05, 0) is 60.7 Å². The van der Waals surface area contributed by atoms with Gasteiger partial charge in [0, 0.05) is 23.7 Å². The van der Waals surface area contributed by atoms with Crippen LogP contribution in [-0.4, -0.2) is 23.3 Å². The van der Waals surface area contributed by atoms with E-state index in [1.165, 1.54) is 30.3 Å². The second-order valence-corrected chi connectivity index (χ2v) is 7.25. The quantitative estimate of drug-likeness (QED) is 0.554. The van der Waals surface area contributed by atoms with Gasteiger partial charge in [0.15, 0.2) is 0 Å². The predicted molar refractivity (Wildman–Crippen MR) is 101 cm³/mol. The third-order valence-electron chi connectivity index (χ3n) is 5.38. The van der Waals surface area contributed by atoms with Crippen LogP contribution in [0.25, 0.3) is 22.2 Å². The average molecular weight is 401 g/mol. The SMILES string of the molecule is NC(=O)C1(C(=O)NCCc2c(-c3ccc(F)cc3)[nH]c3c(F)cc(F)cc23)CC1. The van der Waals surface area contributed by atoms with E-state index in [9.17, 15) is 22.8 Å². The molecular weight excluding hydrogens is 383 g/mol. The number of aromatic amines is 1. The number of primary amides is 1. The third kappa shape index (κ3) is 3.35. The Morgan fingerprint density at radius 1 is 1.07 bits per heavy atom. The number of carbonyl (C=O) groups is 2. The minimum absolute atomic E-state index is 0.128. The summed E-state index contributed by atoms with van der Waals surface area (Å²) in [6.45, 7) is 0.146. The molecule has 0 bridgehead atoms. The van der Waals surface area contributed by atoms with Gasteiger partial charge in [0.05, 0.1) is 5.52 Å². The van der Waals surface area contributed by atoms with Crippen LogP contribution in [0.5, 0.6) is 0 Å². The van der Waals surface area contributed by atoms with Gasteiger partial charge in [0.1, 0.15) is 22.9 Å². The summed E-state index contributed by atoms with van der Waals surface area (Å²) in [6, 6.07) is 7.60. The number of amides is 2. The molecule has 0 atom stereocenters. The first kappa shape index (κ1) is 19.0. The van der Waals surface area contributed by atoms with Crippen LogP contribution in [0.2, 0.25) is 0 Å². The molecule has 1 aromatic heterocycles. The van der Waals surface area contributed by atoms with Crippen molar-refractivity contribution in [2.24, 2.45) is 11.1 Å². The molecule has 1 heterocycles. The molecule has 1 saturated carbocycles. The first-order chi connectivity index (χ1) is 13.8. The van der Waals surface area contributed by atoms with E-state index in [-0.39, 0.29) is 18.5 Å². The zero-order valence-corrected chi connectivity index (χ0v) is 15.3. The number of hydrogen-bond acceptors (Lipinski definition) is 2. The van der Waals surface area contributed by atoms with Gasteiger partial charge in [-0.2, -0.15) is 0 Å². The minimum atomic E-state index is -1.14. The second-order valence-electron chi connectivity index (χ2n) is 7.25.